The molecule has 1 heterocycles. The fraction of sp³-hybridized carbons (Fsp3) is 0.200. The SMILES string of the molecule is Cc1cc(SCc2cccc3c2nc(-c2ccc(C(F)(F)F)cc2)n3C)ccc1OCC(=O)O. The number of carbonyl (C=O) groups is 1. The van der Waals surface area contributed by atoms with Crippen molar-refractivity contribution in [2.45, 2.75) is 23.7 Å². The molecule has 0 bridgehead atoms. The molecule has 0 atom stereocenters. The third kappa shape index (κ3) is 5.04. The number of aliphatic carboxylic acids is 1. The maximum Gasteiger partial charge on any atom is 0.416 e. The van der Waals surface area contributed by atoms with Crippen LogP contribution >= 0.6 is 11.8 Å². The highest BCUT2D eigenvalue weighted by Gasteiger charge is 2.30. The molecule has 0 unspecified atom stereocenters. The molecule has 0 amide bonds. The van der Waals surface area contributed by atoms with E-state index >= 15 is 0 Å². The number of hydrogen-bond donors (Lipinski definition) is 1. The van der Waals surface area contributed by atoms with Gasteiger partial charge in [0.15, 0.2) is 6.61 Å². The van der Waals surface area contributed by atoms with E-state index in [4.69, 9.17) is 14.8 Å². The van der Waals surface area contributed by atoms with Crippen molar-refractivity contribution < 1.29 is 27.8 Å². The molecule has 0 aliphatic heterocycles. The minimum absolute atomic E-state index is 0.393. The van der Waals surface area contributed by atoms with Crippen LogP contribution in [0, 0.1) is 6.92 Å². The first-order valence-electron chi connectivity index (χ1n) is 10.3. The van der Waals surface area contributed by atoms with Crippen molar-refractivity contribution >= 4 is 28.8 Å². The summed E-state index contributed by atoms with van der Waals surface area (Å²) in [6, 6.07) is 16.4. The smallest absolute Gasteiger partial charge is 0.416 e. The lowest BCUT2D eigenvalue weighted by Gasteiger charge is -2.09. The number of ether oxygens (including phenoxy) is 1. The molecule has 0 aliphatic carbocycles. The van der Waals surface area contributed by atoms with E-state index < -0.39 is 24.3 Å². The standard InChI is InChI=1S/C25H21F3N2O3S/c1-15-12-19(10-11-21(15)33-13-22(31)32)34-14-17-4-3-5-20-23(17)29-24(30(20)2)16-6-8-18(9-7-16)25(26,27)28/h3-12H,13-14H2,1-2H3,(H,31,32). The van der Waals surface area contributed by atoms with Gasteiger partial charge in [-0.25, -0.2) is 9.78 Å². The van der Waals surface area contributed by atoms with Crippen LogP contribution < -0.4 is 4.74 Å². The highest BCUT2D eigenvalue weighted by atomic mass is 32.2. The summed E-state index contributed by atoms with van der Waals surface area (Å²) in [7, 11) is 1.85. The van der Waals surface area contributed by atoms with Gasteiger partial charge in [-0.1, -0.05) is 24.3 Å². The van der Waals surface area contributed by atoms with Gasteiger partial charge in [0.2, 0.25) is 0 Å². The highest BCUT2D eigenvalue weighted by Crippen LogP contribution is 2.34. The summed E-state index contributed by atoms with van der Waals surface area (Å²) in [6.07, 6.45) is -4.38. The molecule has 0 spiro atoms. The number of imidazole rings is 1. The lowest BCUT2D eigenvalue weighted by Crippen LogP contribution is -2.09. The Hall–Kier alpha value is -3.46. The summed E-state index contributed by atoms with van der Waals surface area (Å²) in [5, 5.41) is 8.77. The van der Waals surface area contributed by atoms with Crippen molar-refractivity contribution in [3.05, 3.63) is 77.4 Å². The molecule has 0 saturated carbocycles. The molecule has 0 saturated heterocycles. The van der Waals surface area contributed by atoms with Crippen LogP contribution in [0.5, 0.6) is 5.75 Å². The summed E-state index contributed by atoms with van der Waals surface area (Å²) in [5.74, 6) is 0.726. The number of thioether (sulfide) groups is 1. The van der Waals surface area contributed by atoms with E-state index in [0.717, 1.165) is 39.2 Å². The highest BCUT2D eigenvalue weighted by molar-refractivity contribution is 7.98. The average molecular weight is 487 g/mol. The molecule has 4 rings (SSSR count). The number of alkyl halides is 3. The molecule has 0 radical (unpaired) electrons. The molecule has 1 aromatic heterocycles. The van der Waals surface area contributed by atoms with Gasteiger partial charge in [-0.05, 0) is 54.4 Å². The number of benzene rings is 3. The van der Waals surface area contributed by atoms with Crippen LogP contribution in [0.15, 0.2) is 65.6 Å². The number of aryl methyl sites for hydroxylation is 2. The second kappa shape index (κ2) is 9.42. The van der Waals surface area contributed by atoms with Gasteiger partial charge in [0, 0.05) is 23.3 Å². The molecule has 176 valence electrons. The van der Waals surface area contributed by atoms with E-state index in [-0.39, 0.29) is 0 Å². The monoisotopic (exact) mass is 486 g/mol. The lowest BCUT2D eigenvalue weighted by atomic mass is 10.1. The van der Waals surface area contributed by atoms with Gasteiger partial charge < -0.3 is 14.4 Å². The van der Waals surface area contributed by atoms with E-state index in [1.165, 1.54) is 12.1 Å². The topological polar surface area (TPSA) is 64.4 Å². The third-order valence-corrected chi connectivity index (χ3v) is 6.40. The minimum atomic E-state index is -4.38. The fourth-order valence-corrected chi connectivity index (χ4v) is 4.61. The van der Waals surface area contributed by atoms with E-state index in [1.807, 2.05) is 48.9 Å². The number of aromatic nitrogens is 2. The fourth-order valence-electron chi connectivity index (χ4n) is 3.63. The van der Waals surface area contributed by atoms with Gasteiger partial charge >= 0.3 is 12.1 Å². The molecule has 5 nitrogen and oxygen atoms in total. The quantitative estimate of drug-likeness (QED) is 0.310. The first-order chi connectivity index (χ1) is 16.1. The number of para-hydroxylation sites is 1. The molecule has 0 aliphatic rings. The predicted molar refractivity (Wildman–Crippen MR) is 125 cm³/mol. The average Bonchev–Trinajstić information content (AvgIpc) is 3.13. The zero-order valence-electron chi connectivity index (χ0n) is 18.4. The Morgan fingerprint density at radius 3 is 2.50 bits per heavy atom. The van der Waals surface area contributed by atoms with Crippen molar-refractivity contribution in [2.75, 3.05) is 6.61 Å². The first-order valence-corrected chi connectivity index (χ1v) is 11.3. The normalized spacial score (nSPS) is 11.7. The van der Waals surface area contributed by atoms with E-state index in [0.29, 0.717) is 22.9 Å². The lowest BCUT2D eigenvalue weighted by molar-refractivity contribution is -0.139. The maximum absolute atomic E-state index is 12.9. The Kier molecular flexibility index (Phi) is 6.56. The molecule has 34 heavy (non-hydrogen) atoms. The Bertz CT molecular complexity index is 1350. The molecule has 1 N–H and O–H groups in total. The number of hydrogen-bond acceptors (Lipinski definition) is 4. The van der Waals surface area contributed by atoms with Gasteiger partial charge in [-0.3, -0.25) is 0 Å². The molecule has 4 aromatic rings. The van der Waals surface area contributed by atoms with Crippen molar-refractivity contribution in [1.82, 2.24) is 9.55 Å². The van der Waals surface area contributed by atoms with Crippen molar-refractivity contribution in [3.8, 4) is 17.1 Å². The summed E-state index contributed by atoms with van der Waals surface area (Å²) in [5.41, 5.74) is 3.44. The number of rotatable bonds is 7. The van der Waals surface area contributed by atoms with Gasteiger partial charge in [-0.2, -0.15) is 13.2 Å². The van der Waals surface area contributed by atoms with Crippen molar-refractivity contribution in [1.29, 1.82) is 0 Å². The molecule has 3 aromatic carbocycles. The van der Waals surface area contributed by atoms with Crippen molar-refractivity contribution in [3.63, 3.8) is 0 Å². The number of fused-ring (bicyclic) bond motifs is 1. The van der Waals surface area contributed by atoms with Crippen molar-refractivity contribution in [2.24, 2.45) is 7.05 Å². The predicted octanol–water partition coefficient (Wildman–Crippen LogP) is 6.32. The second-order valence-electron chi connectivity index (χ2n) is 7.75. The number of nitrogens with zero attached hydrogens (tertiary/aromatic N) is 2. The summed E-state index contributed by atoms with van der Waals surface area (Å²) in [4.78, 5) is 16.5. The first kappa shape index (κ1) is 23.7. The van der Waals surface area contributed by atoms with Crippen LogP contribution in [0.25, 0.3) is 22.4 Å². The third-order valence-electron chi connectivity index (χ3n) is 5.36. The van der Waals surface area contributed by atoms with Crippen LogP contribution in [-0.2, 0) is 23.8 Å². The Morgan fingerprint density at radius 2 is 1.85 bits per heavy atom. The Morgan fingerprint density at radius 1 is 1.12 bits per heavy atom. The summed E-state index contributed by atoms with van der Waals surface area (Å²) < 4.78 is 45.9. The van der Waals surface area contributed by atoms with Gasteiger partial charge in [-0.15, -0.1) is 11.8 Å². The Labute approximate surface area is 198 Å². The number of halogens is 3. The zero-order chi connectivity index (χ0) is 24.5. The summed E-state index contributed by atoms with van der Waals surface area (Å²) in [6.45, 7) is 1.47. The second-order valence-corrected chi connectivity index (χ2v) is 8.80. The van der Waals surface area contributed by atoms with Crippen LogP contribution in [0.3, 0.4) is 0 Å². The van der Waals surface area contributed by atoms with Gasteiger partial charge in [0.1, 0.15) is 11.6 Å². The molecular formula is C25H21F3N2O3S. The zero-order valence-corrected chi connectivity index (χ0v) is 19.2. The number of carboxylic acid groups (broad SMARTS) is 1. The van der Waals surface area contributed by atoms with E-state index in [2.05, 4.69) is 0 Å². The maximum atomic E-state index is 12.9. The minimum Gasteiger partial charge on any atom is -0.482 e. The van der Waals surface area contributed by atoms with E-state index in [9.17, 15) is 18.0 Å². The van der Waals surface area contributed by atoms with Crippen LogP contribution in [0.1, 0.15) is 16.7 Å². The van der Waals surface area contributed by atoms with E-state index in [1.54, 1.807) is 17.8 Å². The van der Waals surface area contributed by atoms with Crippen LogP contribution in [0.4, 0.5) is 13.2 Å². The molecule has 9 heteroatoms. The number of carboxylic acids is 1. The largest absolute Gasteiger partial charge is 0.482 e. The summed E-state index contributed by atoms with van der Waals surface area (Å²) >= 11 is 1.61. The molecule has 0 fully saturated rings. The molecular weight excluding hydrogens is 465 g/mol. The van der Waals surface area contributed by atoms with Crippen LogP contribution in [-0.4, -0.2) is 27.2 Å². The van der Waals surface area contributed by atoms with Gasteiger partial charge in [0.05, 0.1) is 16.6 Å². The Balaban J connectivity index is 1.56. The van der Waals surface area contributed by atoms with Crippen LogP contribution in [0.2, 0.25) is 0 Å². The van der Waals surface area contributed by atoms with Gasteiger partial charge in [0.25, 0.3) is 0 Å².